The van der Waals surface area contributed by atoms with Crippen molar-refractivity contribution in [3.05, 3.63) is 23.5 Å². The molecule has 3 aliphatic rings. The summed E-state index contributed by atoms with van der Waals surface area (Å²) in [5.74, 6) is 0.656. The minimum absolute atomic E-state index is 0.0587. The monoisotopic (exact) mass is 357 g/mol. The molecule has 1 N–H and O–H groups in total. The van der Waals surface area contributed by atoms with Gasteiger partial charge in [0.2, 0.25) is 11.8 Å². The molecular formula is C19H27N5O2. The molecular weight excluding hydrogens is 330 g/mol. The van der Waals surface area contributed by atoms with E-state index in [-0.39, 0.29) is 17.9 Å². The molecule has 3 fully saturated rings. The molecule has 1 saturated heterocycles. The Hall–Kier alpha value is -2.18. The summed E-state index contributed by atoms with van der Waals surface area (Å²) < 4.78 is 1.87. The smallest absolute Gasteiger partial charge is 0.244 e. The van der Waals surface area contributed by atoms with Gasteiger partial charge in [-0.25, -0.2) is 0 Å². The molecule has 1 aromatic heterocycles. The van der Waals surface area contributed by atoms with Crippen molar-refractivity contribution in [2.75, 3.05) is 6.54 Å². The minimum Gasteiger partial charge on any atom is -0.349 e. The SMILES string of the molecule is O=C(C=C1CCC1)N[C@@H]1CCC[C@@H]1Cn1cc(CN2CCCC2=O)nn1. The normalized spacial score (nSPS) is 25.5. The first kappa shape index (κ1) is 17.2. The lowest BCUT2D eigenvalue weighted by Crippen LogP contribution is -2.38. The van der Waals surface area contributed by atoms with E-state index in [1.165, 1.54) is 12.0 Å². The maximum Gasteiger partial charge on any atom is 0.244 e. The second-order valence-corrected chi connectivity index (χ2v) is 7.81. The Labute approximate surface area is 153 Å². The van der Waals surface area contributed by atoms with Gasteiger partial charge in [0, 0.05) is 31.6 Å². The van der Waals surface area contributed by atoms with Crippen LogP contribution in [0.25, 0.3) is 0 Å². The lowest BCUT2D eigenvalue weighted by Gasteiger charge is -2.21. The van der Waals surface area contributed by atoms with Crippen molar-refractivity contribution >= 4 is 11.8 Å². The molecule has 0 bridgehead atoms. The lowest BCUT2D eigenvalue weighted by atomic mass is 9.92. The van der Waals surface area contributed by atoms with E-state index in [9.17, 15) is 9.59 Å². The highest BCUT2D eigenvalue weighted by molar-refractivity contribution is 5.88. The van der Waals surface area contributed by atoms with Gasteiger partial charge in [-0.3, -0.25) is 14.3 Å². The predicted molar refractivity (Wildman–Crippen MR) is 95.9 cm³/mol. The minimum atomic E-state index is 0.0587. The molecule has 2 saturated carbocycles. The van der Waals surface area contributed by atoms with Crippen LogP contribution in [0.2, 0.25) is 0 Å². The second-order valence-electron chi connectivity index (χ2n) is 7.81. The highest BCUT2D eigenvalue weighted by atomic mass is 16.2. The fourth-order valence-electron chi connectivity index (χ4n) is 4.19. The van der Waals surface area contributed by atoms with Crippen LogP contribution in [0.4, 0.5) is 0 Å². The van der Waals surface area contributed by atoms with Crippen molar-refractivity contribution in [3.8, 4) is 0 Å². The molecule has 0 aromatic carbocycles. The van der Waals surface area contributed by atoms with Crippen molar-refractivity contribution in [2.24, 2.45) is 5.92 Å². The molecule has 2 atom stereocenters. The van der Waals surface area contributed by atoms with Gasteiger partial charge < -0.3 is 10.2 Å². The fraction of sp³-hybridized carbons (Fsp3) is 0.684. The molecule has 4 rings (SSSR count). The molecule has 26 heavy (non-hydrogen) atoms. The summed E-state index contributed by atoms with van der Waals surface area (Å²) in [4.78, 5) is 25.8. The quantitative estimate of drug-likeness (QED) is 0.787. The van der Waals surface area contributed by atoms with Crippen molar-refractivity contribution in [1.29, 1.82) is 0 Å². The first-order valence-electron chi connectivity index (χ1n) is 9.84. The molecule has 0 radical (unpaired) electrons. The first-order chi connectivity index (χ1) is 12.7. The zero-order valence-electron chi connectivity index (χ0n) is 15.2. The van der Waals surface area contributed by atoms with Crippen molar-refractivity contribution in [1.82, 2.24) is 25.2 Å². The Bertz CT molecular complexity index is 705. The molecule has 2 amide bonds. The van der Waals surface area contributed by atoms with Crippen molar-refractivity contribution < 1.29 is 9.59 Å². The Morgan fingerprint density at radius 1 is 1.23 bits per heavy atom. The van der Waals surface area contributed by atoms with Gasteiger partial charge in [0.15, 0.2) is 0 Å². The van der Waals surface area contributed by atoms with Crippen LogP contribution in [-0.2, 0) is 22.7 Å². The number of likely N-dealkylation sites (tertiary alicyclic amines) is 1. The van der Waals surface area contributed by atoms with E-state index >= 15 is 0 Å². The molecule has 7 nitrogen and oxygen atoms in total. The summed E-state index contributed by atoms with van der Waals surface area (Å²) >= 11 is 0. The number of nitrogens with zero attached hydrogens (tertiary/aromatic N) is 4. The molecule has 140 valence electrons. The van der Waals surface area contributed by atoms with Gasteiger partial charge in [-0.15, -0.1) is 5.10 Å². The Morgan fingerprint density at radius 3 is 2.85 bits per heavy atom. The van der Waals surface area contributed by atoms with Crippen LogP contribution < -0.4 is 5.32 Å². The highest BCUT2D eigenvalue weighted by Crippen LogP contribution is 2.28. The number of aromatic nitrogens is 3. The van der Waals surface area contributed by atoms with Gasteiger partial charge in [-0.2, -0.15) is 0 Å². The van der Waals surface area contributed by atoms with E-state index in [4.69, 9.17) is 0 Å². The van der Waals surface area contributed by atoms with Gasteiger partial charge in [-0.1, -0.05) is 17.2 Å². The highest BCUT2D eigenvalue weighted by Gasteiger charge is 2.29. The molecule has 2 aliphatic carbocycles. The summed E-state index contributed by atoms with van der Waals surface area (Å²) in [6.45, 7) is 2.14. The third kappa shape index (κ3) is 3.97. The van der Waals surface area contributed by atoms with Gasteiger partial charge in [-0.05, 0) is 44.4 Å². The number of hydrogen-bond donors (Lipinski definition) is 1. The van der Waals surface area contributed by atoms with Crippen LogP contribution in [0.1, 0.15) is 57.1 Å². The number of hydrogen-bond acceptors (Lipinski definition) is 4. The fourth-order valence-corrected chi connectivity index (χ4v) is 4.19. The van der Waals surface area contributed by atoms with E-state index in [0.717, 1.165) is 57.3 Å². The van der Waals surface area contributed by atoms with Crippen LogP contribution in [0.5, 0.6) is 0 Å². The standard InChI is InChI=1S/C19H27N5O2/c25-18(10-14-4-1-5-14)20-17-7-2-6-15(17)11-24-13-16(21-22-24)12-23-9-3-8-19(23)26/h10,13,15,17H,1-9,11-12H2,(H,20,25)/t15-,17-/m1/s1. The molecule has 1 aromatic rings. The Balaban J connectivity index is 1.31. The number of rotatable bonds is 6. The average molecular weight is 357 g/mol. The number of nitrogens with one attached hydrogen (secondary N) is 1. The van der Waals surface area contributed by atoms with Crippen LogP contribution in [0, 0.1) is 5.92 Å². The molecule has 0 spiro atoms. The Morgan fingerprint density at radius 2 is 2.12 bits per heavy atom. The maximum absolute atomic E-state index is 12.2. The molecule has 7 heteroatoms. The molecule has 0 unspecified atom stereocenters. The lowest BCUT2D eigenvalue weighted by molar-refractivity contribution is -0.128. The van der Waals surface area contributed by atoms with E-state index in [0.29, 0.717) is 18.9 Å². The average Bonchev–Trinajstić information content (AvgIpc) is 3.29. The van der Waals surface area contributed by atoms with Crippen molar-refractivity contribution in [2.45, 2.75) is 70.5 Å². The molecule has 1 aliphatic heterocycles. The summed E-state index contributed by atoms with van der Waals surface area (Å²) in [5, 5.41) is 11.6. The second kappa shape index (κ2) is 7.60. The van der Waals surface area contributed by atoms with Gasteiger partial charge in [0.05, 0.1) is 12.7 Å². The summed E-state index contributed by atoms with van der Waals surface area (Å²) in [7, 11) is 0. The number of allylic oxidation sites excluding steroid dienone is 1. The zero-order valence-corrected chi connectivity index (χ0v) is 15.2. The maximum atomic E-state index is 12.2. The third-order valence-corrected chi connectivity index (χ3v) is 5.85. The van der Waals surface area contributed by atoms with Crippen LogP contribution in [0.15, 0.2) is 17.8 Å². The van der Waals surface area contributed by atoms with Crippen molar-refractivity contribution in [3.63, 3.8) is 0 Å². The van der Waals surface area contributed by atoms with Gasteiger partial charge >= 0.3 is 0 Å². The number of carbonyl (C=O) groups excluding carboxylic acids is 2. The first-order valence-corrected chi connectivity index (χ1v) is 9.84. The van der Waals surface area contributed by atoms with E-state index in [1.54, 1.807) is 6.08 Å². The number of carbonyl (C=O) groups is 2. The summed E-state index contributed by atoms with van der Waals surface area (Å²) in [5.41, 5.74) is 2.11. The Kier molecular flexibility index (Phi) is 5.04. The summed E-state index contributed by atoms with van der Waals surface area (Å²) in [6, 6.07) is 0.215. The zero-order chi connectivity index (χ0) is 17.9. The third-order valence-electron chi connectivity index (χ3n) is 5.85. The van der Waals surface area contributed by atoms with Gasteiger partial charge in [0.25, 0.3) is 0 Å². The van der Waals surface area contributed by atoms with E-state index < -0.39 is 0 Å². The number of amides is 2. The van der Waals surface area contributed by atoms with E-state index in [2.05, 4.69) is 15.6 Å². The van der Waals surface area contributed by atoms with Gasteiger partial charge in [0.1, 0.15) is 5.69 Å². The van der Waals surface area contributed by atoms with Crippen LogP contribution in [0.3, 0.4) is 0 Å². The summed E-state index contributed by atoms with van der Waals surface area (Å²) in [6.07, 6.45) is 11.9. The largest absolute Gasteiger partial charge is 0.349 e. The predicted octanol–water partition coefficient (Wildman–Crippen LogP) is 1.80. The van der Waals surface area contributed by atoms with Crippen LogP contribution >= 0.6 is 0 Å². The molecule has 2 heterocycles. The van der Waals surface area contributed by atoms with Crippen LogP contribution in [-0.4, -0.2) is 44.3 Å². The van der Waals surface area contributed by atoms with E-state index in [1.807, 2.05) is 15.8 Å². The topological polar surface area (TPSA) is 80.1 Å².